The molecule has 1 aliphatic rings. The Morgan fingerprint density at radius 2 is 2.15 bits per heavy atom. The number of thioether (sulfide) groups is 1. The standard InChI is InChI=1S/C14H14Cl2N2OS/c1-2-18-12(19)10-5-3-4-6-11(10)17-13(18)20-8-9-7-14(9,15)16/h3-6,9H,2,7-8H2,1H3/t9-/m0/s1. The highest BCUT2D eigenvalue weighted by Gasteiger charge is 2.51. The summed E-state index contributed by atoms with van der Waals surface area (Å²) >= 11 is 13.6. The zero-order valence-corrected chi connectivity index (χ0v) is 13.3. The highest BCUT2D eigenvalue weighted by Crippen LogP contribution is 2.54. The third kappa shape index (κ3) is 2.57. The number of para-hydroxylation sites is 1. The van der Waals surface area contributed by atoms with Gasteiger partial charge in [0.2, 0.25) is 0 Å². The van der Waals surface area contributed by atoms with Crippen molar-refractivity contribution in [3.05, 3.63) is 34.6 Å². The summed E-state index contributed by atoms with van der Waals surface area (Å²) in [7, 11) is 0. The monoisotopic (exact) mass is 328 g/mol. The van der Waals surface area contributed by atoms with Crippen LogP contribution >= 0.6 is 35.0 Å². The highest BCUT2D eigenvalue weighted by atomic mass is 35.5. The number of nitrogens with zero attached hydrogens (tertiary/aromatic N) is 2. The molecule has 2 aromatic rings. The molecule has 1 atom stereocenters. The Balaban J connectivity index is 1.95. The maximum Gasteiger partial charge on any atom is 0.262 e. The third-order valence-corrected chi connectivity index (χ3v) is 5.58. The average molecular weight is 329 g/mol. The quantitative estimate of drug-likeness (QED) is 0.487. The fourth-order valence-electron chi connectivity index (χ4n) is 2.16. The van der Waals surface area contributed by atoms with E-state index in [9.17, 15) is 4.79 Å². The summed E-state index contributed by atoms with van der Waals surface area (Å²) in [6.07, 6.45) is 0.813. The second kappa shape index (κ2) is 5.24. The van der Waals surface area contributed by atoms with Crippen LogP contribution in [-0.2, 0) is 6.54 Å². The molecule has 0 radical (unpaired) electrons. The summed E-state index contributed by atoms with van der Waals surface area (Å²) in [4.78, 5) is 17.0. The number of alkyl halides is 2. The van der Waals surface area contributed by atoms with Gasteiger partial charge in [0, 0.05) is 18.2 Å². The van der Waals surface area contributed by atoms with Crippen LogP contribution in [0.3, 0.4) is 0 Å². The van der Waals surface area contributed by atoms with E-state index in [0.29, 0.717) is 11.9 Å². The molecule has 20 heavy (non-hydrogen) atoms. The van der Waals surface area contributed by atoms with Crippen molar-refractivity contribution >= 4 is 45.9 Å². The number of hydrogen-bond donors (Lipinski definition) is 0. The minimum absolute atomic E-state index is 0.0133. The summed E-state index contributed by atoms with van der Waals surface area (Å²) in [6, 6.07) is 7.43. The fourth-order valence-corrected chi connectivity index (χ4v) is 4.16. The largest absolute Gasteiger partial charge is 0.287 e. The van der Waals surface area contributed by atoms with Gasteiger partial charge in [0.1, 0.15) is 4.33 Å². The molecule has 106 valence electrons. The number of benzene rings is 1. The van der Waals surface area contributed by atoms with Crippen LogP contribution in [0.2, 0.25) is 0 Å². The van der Waals surface area contributed by atoms with E-state index in [1.54, 1.807) is 16.3 Å². The van der Waals surface area contributed by atoms with Crippen molar-refractivity contribution in [2.75, 3.05) is 5.75 Å². The predicted octanol–water partition coefficient (Wildman–Crippen LogP) is 3.70. The van der Waals surface area contributed by atoms with Crippen LogP contribution in [0.15, 0.2) is 34.2 Å². The van der Waals surface area contributed by atoms with E-state index in [0.717, 1.165) is 22.8 Å². The van der Waals surface area contributed by atoms with Gasteiger partial charge in [0.15, 0.2) is 5.16 Å². The van der Waals surface area contributed by atoms with Crippen molar-refractivity contribution in [1.29, 1.82) is 0 Å². The number of aromatic nitrogens is 2. The van der Waals surface area contributed by atoms with Crippen LogP contribution in [-0.4, -0.2) is 19.6 Å². The van der Waals surface area contributed by atoms with Gasteiger partial charge in [-0.05, 0) is 25.5 Å². The first-order chi connectivity index (χ1) is 9.53. The molecule has 1 aliphatic carbocycles. The second-order valence-electron chi connectivity index (χ2n) is 4.93. The van der Waals surface area contributed by atoms with Crippen LogP contribution in [0.25, 0.3) is 10.9 Å². The zero-order valence-electron chi connectivity index (χ0n) is 11.0. The molecule has 3 rings (SSSR count). The molecular weight excluding hydrogens is 315 g/mol. The van der Waals surface area contributed by atoms with Crippen molar-refractivity contribution in [3.8, 4) is 0 Å². The van der Waals surface area contributed by atoms with Crippen LogP contribution in [0.4, 0.5) is 0 Å². The lowest BCUT2D eigenvalue weighted by molar-refractivity contribution is 0.634. The first-order valence-corrected chi connectivity index (χ1v) is 8.27. The highest BCUT2D eigenvalue weighted by molar-refractivity contribution is 7.99. The molecular formula is C14H14Cl2N2OS. The van der Waals surface area contributed by atoms with E-state index in [1.165, 1.54) is 0 Å². The van der Waals surface area contributed by atoms with Crippen molar-refractivity contribution in [2.45, 2.75) is 29.4 Å². The van der Waals surface area contributed by atoms with Gasteiger partial charge in [-0.15, -0.1) is 23.2 Å². The van der Waals surface area contributed by atoms with E-state index in [1.807, 2.05) is 31.2 Å². The molecule has 6 heteroatoms. The molecule has 0 N–H and O–H groups in total. The zero-order chi connectivity index (χ0) is 14.3. The van der Waals surface area contributed by atoms with Crippen molar-refractivity contribution in [2.24, 2.45) is 5.92 Å². The molecule has 0 aliphatic heterocycles. The number of rotatable bonds is 4. The summed E-state index contributed by atoms with van der Waals surface area (Å²) in [5.74, 6) is 1.07. The lowest BCUT2D eigenvalue weighted by atomic mass is 10.2. The molecule has 3 nitrogen and oxygen atoms in total. The van der Waals surface area contributed by atoms with Gasteiger partial charge in [-0.3, -0.25) is 9.36 Å². The van der Waals surface area contributed by atoms with Crippen molar-refractivity contribution < 1.29 is 0 Å². The lowest BCUT2D eigenvalue weighted by Crippen LogP contribution is -2.22. The fraction of sp³-hybridized carbons (Fsp3) is 0.429. The molecule has 0 unspecified atom stereocenters. The summed E-state index contributed by atoms with van der Waals surface area (Å²) in [5.41, 5.74) is 0.753. The Kier molecular flexibility index (Phi) is 3.73. The smallest absolute Gasteiger partial charge is 0.262 e. The van der Waals surface area contributed by atoms with Gasteiger partial charge in [-0.1, -0.05) is 23.9 Å². The molecule has 0 bridgehead atoms. The Morgan fingerprint density at radius 1 is 1.45 bits per heavy atom. The van der Waals surface area contributed by atoms with Gasteiger partial charge < -0.3 is 0 Å². The maximum atomic E-state index is 12.4. The van der Waals surface area contributed by atoms with Crippen LogP contribution in [0, 0.1) is 5.92 Å². The number of hydrogen-bond acceptors (Lipinski definition) is 3. The molecule has 0 saturated heterocycles. The Labute approximate surface area is 131 Å². The Hall–Kier alpha value is -0.710. The number of halogens is 2. The van der Waals surface area contributed by atoms with Crippen molar-refractivity contribution in [3.63, 3.8) is 0 Å². The van der Waals surface area contributed by atoms with Gasteiger partial charge in [-0.2, -0.15) is 0 Å². The van der Waals surface area contributed by atoms with E-state index < -0.39 is 4.33 Å². The SMILES string of the molecule is CCn1c(SC[C@@H]2CC2(Cl)Cl)nc2ccccc2c1=O. The van der Waals surface area contributed by atoms with Gasteiger partial charge >= 0.3 is 0 Å². The first-order valence-electron chi connectivity index (χ1n) is 6.53. The normalized spacial score (nSPS) is 20.2. The molecule has 1 fully saturated rings. The minimum Gasteiger partial charge on any atom is -0.287 e. The molecule has 1 saturated carbocycles. The Bertz CT molecular complexity index is 714. The van der Waals surface area contributed by atoms with E-state index in [-0.39, 0.29) is 11.5 Å². The van der Waals surface area contributed by atoms with Gasteiger partial charge in [0.25, 0.3) is 5.56 Å². The number of fused-ring (bicyclic) bond motifs is 1. The van der Waals surface area contributed by atoms with Gasteiger partial charge in [-0.25, -0.2) is 4.98 Å². The van der Waals surface area contributed by atoms with Gasteiger partial charge in [0.05, 0.1) is 10.9 Å². The Morgan fingerprint density at radius 3 is 2.80 bits per heavy atom. The second-order valence-corrected chi connectivity index (χ2v) is 7.46. The van der Waals surface area contributed by atoms with E-state index in [4.69, 9.17) is 23.2 Å². The van der Waals surface area contributed by atoms with Crippen LogP contribution in [0.5, 0.6) is 0 Å². The molecule has 1 aromatic carbocycles. The maximum absolute atomic E-state index is 12.4. The van der Waals surface area contributed by atoms with Crippen molar-refractivity contribution in [1.82, 2.24) is 9.55 Å². The van der Waals surface area contributed by atoms with Crippen LogP contribution in [0.1, 0.15) is 13.3 Å². The topological polar surface area (TPSA) is 34.9 Å². The average Bonchev–Trinajstić information content (AvgIpc) is 3.04. The van der Waals surface area contributed by atoms with Crippen LogP contribution < -0.4 is 5.56 Å². The summed E-state index contributed by atoms with van der Waals surface area (Å²) < 4.78 is 1.13. The molecule has 1 heterocycles. The molecule has 0 amide bonds. The third-order valence-electron chi connectivity index (χ3n) is 3.51. The summed E-state index contributed by atoms with van der Waals surface area (Å²) in [5, 5.41) is 1.40. The molecule has 1 aromatic heterocycles. The van der Waals surface area contributed by atoms with E-state index >= 15 is 0 Å². The minimum atomic E-state index is -0.582. The van der Waals surface area contributed by atoms with E-state index in [2.05, 4.69) is 4.98 Å². The molecule has 0 spiro atoms. The first kappa shape index (κ1) is 14.2. The predicted molar refractivity (Wildman–Crippen MR) is 84.9 cm³/mol. The summed E-state index contributed by atoms with van der Waals surface area (Å²) in [6.45, 7) is 2.56. The lowest BCUT2D eigenvalue weighted by Gasteiger charge is -2.11.